The van der Waals surface area contributed by atoms with Gasteiger partial charge in [-0.2, -0.15) is 11.8 Å². The molecule has 0 atom stereocenters. The van der Waals surface area contributed by atoms with Crippen molar-refractivity contribution in [2.24, 2.45) is 0 Å². The lowest BCUT2D eigenvalue weighted by molar-refractivity contribution is 0.0290. The molecular weight excluding hydrogens is 218 g/mol. The molecule has 0 aromatic rings. The molecule has 1 heterocycles. The van der Waals surface area contributed by atoms with Crippen LogP contribution in [-0.2, 0) is 0 Å². The Labute approximate surface area is 105 Å². The van der Waals surface area contributed by atoms with E-state index in [1.165, 1.54) is 25.7 Å². The Morgan fingerprint density at radius 2 is 1.75 bits per heavy atom. The summed E-state index contributed by atoms with van der Waals surface area (Å²) in [5, 5.41) is 14.0. The van der Waals surface area contributed by atoms with Crippen molar-refractivity contribution in [3.63, 3.8) is 0 Å². The predicted molar refractivity (Wildman–Crippen MR) is 73.1 cm³/mol. The summed E-state index contributed by atoms with van der Waals surface area (Å²) in [6, 6.07) is 0.605. The highest BCUT2D eigenvalue weighted by molar-refractivity contribution is 7.99. The third-order valence-corrected chi connectivity index (χ3v) is 4.40. The molecule has 0 aromatic heterocycles. The first-order chi connectivity index (χ1) is 7.70. The van der Waals surface area contributed by atoms with Gasteiger partial charge >= 0.3 is 0 Å². The molecule has 0 saturated carbocycles. The van der Waals surface area contributed by atoms with Gasteiger partial charge in [0.05, 0.1) is 5.60 Å². The van der Waals surface area contributed by atoms with Crippen molar-refractivity contribution in [2.45, 2.75) is 64.0 Å². The summed E-state index contributed by atoms with van der Waals surface area (Å²) < 4.78 is 0. The van der Waals surface area contributed by atoms with Crippen molar-refractivity contribution in [3.05, 3.63) is 0 Å². The SMILES string of the molecule is CCCC(CCC)NCC1(O)CCSCC1. The van der Waals surface area contributed by atoms with Crippen molar-refractivity contribution >= 4 is 11.8 Å². The largest absolute Gasteiger partial charge is 0.389 e. The molecule has 0 bridgehead atoms. The molecule has 2 nitrogen and oxygen atoms in total. The third kappa shape index (κ3) is 5.07. The van der Waals surface area contributed by atoms with Crippen LogP contribution in [0.2, 0.25) is 0 Å². The summed E-state index contributed by atoms with van der Waals surface area (Å²) in [5.74, 6) is 2.23. The Kier molecular flexibility index (Phi) is 6.78. The van der Waals surface area contributed by atoms with Crippen LogP contribution in [0.4, 0.5) is 0 Å². The maximum atomic E-state index is 10.4. The zero-order chi connectivity index (χ0) is 11.9. The van der Waals surface area contributed by atoms with Crippen molar-refractivity contribution in [1.29, 1.82) is 0 Å². The smallest absolute Gasteiger partial charge is 0.0787 e. The lowest BCUT2D eigenvalue weighted by atomic mass is 9.95. The summed E-state index contributed by atoms with van der Waals surface area (Å²) in [6.45, 7) is 5.25. The van der Waals surface area contributed by atoms with Gasteiger partial charge < -0.3 is 10.4 Å². The fourth-order valence-electron chi connectivity index (χ4n) is 2.31. The summed E-state index contributed by atoms with van der Waals surface area (Å²) >= 11 is 1.96. The molecule has 0 spiro atoms. The topological polar surface area (TPSA) is 32.3 Å². The molecule has 2 N–H and O–H groups in total. The maximum absolute atomic E-state index is 10.4. The molecule has 1 aliphatic heterocycles. The average Bonchev–Trinajstić information content (AvgIpc) is 2.28. The summed E-state index contributed by atoms with van der Waals surface area (Å²) in [6.07, 6.45) is 6.83. The van der Waals surface area contributed by atoms with Crippen LogP contribution in [0.15, 0.2) is 0 Å². The molecule has 0 unspecified atom stereocenters. The summed E-state index contributed by atoms with van der Waals surface area (Å²) in [4.78, 5) is 0. The molecule has 16 heavy (non-hydrogen) atoms. The van der Waals surface area contributed by atoms with Crippen LogP contribution in [0.5, 0.6) is 0 Å². The van der Waals surface area contributed by atoms with E-state index in [9.17, 15) is 5.11 Å². The van der Waals surface area contributed by atoms with Crippen LogP contribution in [0, 0.1) is 0 Å². The predicted octanol–water partition coefficient (Wildman–Crippen LogP) is 2.80. The Balaban J connectivity index is 2.28. The van der Waals surface area contributed by atoms with Crippen LogP contribution in [-0.4, -0.2) is 34.8 Å². The zero-order valence-electron chi connectivity index (χ0n) is 10.8. The highest BCUT2D eigenvalue weighted by atomic mass is 32.2. The Hall–Kier alpha value is 0.270. The number of aliphatic hydroxyl groups is 1. The highest BCUT2D eigenvalue weighted by Gasteiger charge is 2.29. The van der Waals surface area contributed by atoms with Crippen molar-refractivity contribution < 1.29 is 5.11 Å². The second-order valence-corrected chi connectivity index (χ2v) is 6.22. The minimum absolute atomic E-state index is 0.426. The van der Waals surface area contributed by atoms with Gasteiger partial charge in [0, 0.05) is 12.6 Å². The van der Waals surface area contributed by atoms with Gasteiger partial charge in [-0.05, 0) is 37.2 Å². The number of thioether (sulfide) groups is 1. The summed E-state index contributed by atoms with van der Waals surface area (Å²) in [5.41, 5.74) is -0.426. The van der Waals surface area contributed by atoms with Crippen LogP contribution >= 0.6 is 11.8 Å². The minimum atomic E-state index is -0.426. The lowest BCUT2D eigenvalue weighted by Gasteiger charge is -2.33. The van der Waals surface area contributed by atoms with E-state index >= 15 is 0 Å². The highest BCUT2D eigenvalue weighted by Crippen LogP contribution is 2.26. The maximum Gasteiger partial charge on any atom is 0.0787 e. The monoisotopic (exact) mass is 245 g/mol. The molecule has 1 fully saturated rings. The van der Waals surface area contributed by atoms with Crippen molar-refractivity contribution in [1.82, 2.24) is 5.32 Å². The molecule has 1 rings (SSSR count). The molecular formula is C13H27NOS. The quantitative estimate of drug-likeness (QED) is 0.723. The lowest BCUT2D eigenvalue weighted by Crippen LogP contribution is -2.46. The van der Waals surface area contributed by atoms with Gasteiger partial charge in [-0.3, -0.25) is 0 Å². The second-order valence-electron chi connectivity index (χ2n) is 4.99. The molecule has 0 aromatic carbocycles. The van der Waals surface area contributed by atoms with Crippen molar-refractivity contribution in [2.75, 3.05) is 18.1 Å². The molecule has 1 aliphatic rings. The van der Waals surface area contributed by atoms with Gasteiger partial charge in [-0.15, -0.1) is 0 Å². The second kappa shape index (κ2) is 7.57. The summed E-state index contributed by atoms with van der Waals surface area (Å²) in [7, 11) is 0. The van der Waals surface area contributed by atoms with E-state index in [-0.39, 0.29) is 0 Å². The molecule has 0 amide bonds. The Morgan fingerprint density at radius 1 is 1.19 bits per heavy atom. The Bertz CT molecular complexity index is 175. The molecule has 1 saturated heterocycles. The number of rotatable bonds is 7. The molecule has 3 heteroatoms. The van der Waals surface area contributed by atoms with Gasteiger partial charge in [0.25, 0.3) is 0 Å². The van der Waals surface area contributed by atoms with Gasteiger partial charge in [0.2, 0.25) is 0 Å². The first-order valence-corrected chi connectivity index (χ1v) is 7.89. The number of hydrogen-bond donors (Lipinski definition) is 2. The van der Waals surface area contributed by atoms with Gasteiger partial charge in [-0.1, -0.05) is 26.7 Å². The number of nitrogens with one attached hydrogen (secondary N) is 1. The first-order valence-electron chi connectivity index (χ1n) is 6.73. The van der Waals surface area contributed by atoms with E-state index in [2.05, 4.69) is 19.2 Å². The van der Waals surface area contributed by atoms with E-state index < -0.39 is 5.60 Å². The van der Waals surface area contributed by atoms with E-state index in [1.54, 1.807) is 0 Å². The van der Waals surface area contributed by atoms with Gasteiger partial charge in [-0.25, -0.2) is 0 Å². The zero-order valence-corrected chi connectivity index (χ0v) is 11.6. The average molecular weight is 245 g/mol. The molecule has 96 valence electrons. The van der Waals surface area contributed by atoms with E-state index in [4.69, 9.17) is 0 Å². The standard InChI is InChI=1S/C13H27NOS/c1-3-5-12(6-4-2)14-11-13(15)7-9-16-10-8-13/h12,14-15H,3-11H2,1-2H3. The van der Waals surface area contributed by atoms with Gasteiger partial charge in [0.15, 0.2) is 0 Å². The fourth-order valence-corrected chi connectivity index (χ4v) is 3.56. The molecule has 0 radical (unpaired) electrons. The molecule has 0 aliphatic carbocycles. The van der Waals surface area contributed by atoms with E-state index in [1.807, 2.05) is 11.8 Å². The normalized spacial score (nSPS) is 20.2. The van der Waals surface area contributed by atoms with E-state index in [0.29, 0.717) is 6.04 Å². The van der Waals surface area contributed by atoms with Crippen LogP contribution in [0.25, 0.3) is 0 Å². The van der Waals surface area contributed by atoms with Crippen LogP contribution in [0.1, 0.15) is 52.4 Å². The Morgan fingerprint density at radius 3 is 2.25 bits per heavy atom. The third-order valence-electron chi connectivity index (χ3n) is 3.42. The van der Waals surface area contributed by atoms with Gasteiger partial charge in [0.1, 0.15) is 0 Å². The first kappa shape index (κ1) is 14.3. The van der Waals surface area contributed by atoms with Crippen LogP contribution in [0.3, 0.4) is 0 Å². The van der Waals surface area contributed by atoms with Crippen LogP contribution < -0.4 is 5.32 Å². The van der Waals surface area contributed by atoms with Crippen molar-refractivity contribution in [3.8, 4) is 0 Å². The fraction of sp³-hybridized carbons (Fsp3) is 1.00. The minimum Gasteiger partial charge on any atom is -0.389 e. The number of hydrogen-bond acceptors (Lipinski definition) is 3. The van der Waals surface area contributed by atoms with E-state index in [0.717, 1.165) is 30.9 Å².